The summed E-state index contributed by atoms with van der Waals surface area (Å²) in [5.74, 6) is -0.274. The van der Waals surface area contributed by atoms with Gasteiger partial charge in [0.15, 0.2) is 0 Å². The monoisotopic (exact) mass is 296 g/mol. The Kier molecular flexibility index (Phi) is 3.56. The van der Waals surface area contributed by atoms with Crippen molar-refractivity contribution in [2.75, 3.05) is 0 Å². The van der Waals surface area contributed by atoms with E-state index in [1.807, 2.05) is 26.2 Å². The summed E-state index contributed by atoms with van der Waals surface area (Å²) in [4.78, 5) is 40.7. The van der Waals surface area contributed by atoms with Crippen LogP contribution in [0.2, 0.25) is 6.82 Å². The Morgan fingerprint density at radius 3 is 2.77 bits per heavy atom. The number of nitrogens with one attached hydrogen (secondary N) is 1. The smallest absolute Gasteiger partial charge is 0.261 e. The molecule has 1 aliphatic rings. The summed E-state index contributed by atoms with van der Waals surface area (Å²) >= 11 is 0. The van der Waals surface area contributed by atoms with Crippen molar-refractivity contribution in [2.24, 2.45) is 0 Å². The molecule has 22 heavy (non-hydrogen) atoms. The number of rotatable bonds is 2. The fourth-order valence-corrected chi connectivity index (χ4v) is 2.92. The Bertz CT molecular complexity index is 844. The van der Waals surface area contributed by atoms with Crippen molar-refractivity contribution in [2.45, 2.75) is 32.6 Å². The van der Waals surface area contributed by atoms with Crippen molar-refractivity contribution in [3.8, 4) is 0 Å². The minimum atomic E-state index is -0.688. The fourth-order valence-electron chi connectivity index (χ4n) is 2.92. The van der Waals surface area contributed by atoms with Crippen molar-refractivity contribution in [1.82, 2.24) is 14.9 Å². The second kappa shape index (κ2) is 5.40. The molecule has 1 aromatic carbocycles. The molecule has 6 nitrogen and oxygen atoms in total. The molecule has 0 aliphatic carbocycles. The lowest BCUT2D eigenvalue weighted by atomic mass is 9.72. The Morgan fingerprint density at radius 1 is 1.32 bits per heavy atom. The second-order valence-corrected chi connectivity index (χ2v) is 5.33. The molecule has 2 amide bonds. The first kappa shape index (κ1) is 14.5. The van der Waals surface area contributed by atoms with Gasteiger partial charge in [-0.15, -0.1) is 0 Å². The average molecular weight is 296 g/mol. The third kappa shape index (κ3) is 2.22. The van der Waals surface area contributed by atoms with E-state index in [2.05, 4.69) is 10.3 Å². The van der Waals surface area contributed by atoms with Crippen LogP contribution in [-0.2, 0) is 9.59 Å². The summed E-state index contributed by atoms with van der Waals surface area (Å²) in [5.41, 5.74) is 1.16. The Morgan fingerprint density at radius 2 is 2.09 bits per heavy atom. The zero-order valence-corrected chi connectivity index (χ0v) is 12.4. The first-order valence-electron chi connectivity index (χ1n) is 7.18. The Hall–Kier alpha value is -2.44. The van der Waals surface area contributed by atoms with E-state index in [9.17, 15) is 14.4 Å². The fraction of sp³-hybridized carbons (Fsp3) is 0.333. The highest BCUT2D eigenvalue weighted by molar-refractivity contribution is 6.55. The Balaban J connectivity index is 2.24. The van der Waals surface area contributed by atoms with Crippen LogP contribution in [0.25, 0.3) is 10.9 Å². The minimum Gasteiger partial charge on any atom is -0.295 e. The van der Waals surface area contributed by atoms with Crippen LogP contribution < -0.4 is 16.3 Å². The van der Waals surface area contributed by atoms with Crippen LogP contribution in [0.1, 0.15) is 24.7 Å². The highest BCUT2D eigenvalue weighted by Crippen LogP contribution is 2.19. The number of amides is 2. The van der Waals surface area contributed by atoms with E-state index in [0.717, 1.165) is 5.46 Å². The number of carbonyl (C=O) groups excluding carboxylic acids is 2. The average Bonchev–Trinajstić information content (AvgIpc) is 2.48. The number of carbonyl (C=O) groups is 2. The number of aromatic nitrogens is 2. The van der Waals surface area contributed by atoms with Gasteiger partial charge in [0.05, 0.1) is 10.9 Å². The van der Waals surface area contributed by atoms with Crippen LogP contribution in [0.4, 0.5) is 0 Å². The summed E-state index contributed by atoms with van der Waals surface area (Å²) in [5, 5.41) is 2.79. The van der Waals surface area contributed by atoms with Crippen molar-refractivity contribution < 1.29 is 9.59 Å². The lowest BCUT2D eigenvalue weighted by molar-refractivity contribution is -0.135. The lowest BCUT2D eigenvalue weighted by Gasteiger charge is -2.24. The number of benzene rings is 1. The highest BCUT2D eigenvalue weighted by atomic mass is 16.2. The predicted octanol–water partition coefficient (Wildman–Crippen LogP) is 0.0602. The summed E-state index contributed by atoms with van der Waals surface area (Å²) in [6.07, 6.45) is 0.540. The number of fused-ring (bicyclic) bond motifs is 1. The van der Waals surface area contributed by atoms with Crippen molar-refractivity contribution in [3.05, 3.63) is 34.4 Å². The molecule has 0 bridgehead atoms. The van der Waals surface area contributed by atoms with Crippen LogP contribution >= 0.6 is 0 Å². The predicted molar refractivity (Wildman–Crippen MR) is 83.4 cm³/mol. The maximum absolute atomic E-state index is 12.9. The van der Waals surface area contributed by atoms with Gasteiger partial charge < -0.3 is 0 Å². The molecule has 0 spiro atoms. The molecule has 2 aromatic rings. The maximum Gasteiger partial charge on any atom is 0.261 e. The SMILES string of the molecule is C[B]c1cccc2nc(C)n(C3CCC(=O)NC3=O)c(=O)c12. The van der Waals surface area contributed by atoms with E-state index in [0.29, 0.717) is 23.1 Å². The molecule has 1 aliphatic heterocycles. The zero-order valence-electron chi connectivity index (χ0n) is 12.4. The van der Waals surface area contributed by atoms with Crippen molar-refractivity contribution >= 4 is 35.5 Å². The van der Waals surface area contributed by atoms with Crippen LogP contribution in [0, 0.1) is 6.92 Å². The maximum atomic E-state index is 12.9. The van der Waals surface area contributed by atoms with Crippen molar-refractivity contribution in [3.63, 3.8) is 0 Å². The third-order valence-electron chi connectivity index (χ3n) is 3.97. The number of hydrogen-bond acceptors (Lipinski definition) is 4. The molecule has 2 heterocycles. The van der Waals surface area contributed by atoms with Crippen molar-refractivity contribution in [1.29, 1.82) is 0 Å². The zero-order chi connectivity index (χ0) is 15.9. The summed E-state index contributed by atoms with van der Waals surface area (Å²) in [7, 11) is 1.84. The van der Waals surface area contributed by atoms with E-state index in [1.54, 1.807) is 13.0 Å². The largest absolute Gasteiger partial charge is 0.295 e. The van der Waals surface area contributed by atoms with Gasteiger partial charge in [0, 0.05) is 6.42 Å². The normalized spacial score (nSPS) is 18.4. The van der Waals surface area contributed by atoms with Gasteiger partial charge in [0.25, 0.3) is 5.56 Å². The molecular weight excluding hydrogens is 281 g/mol. The quantitative estimate of drug-likeness (QED) is 0.627. The molecule has 1 saturated heterocycles. The van der Waals surface area contributed by atoms with Gasteiger partial charge in [0.1, 0.15) is 19.1 Å². The van der Waals surface area contributed by atoms with Crippen LogP contribution in [0.15, 0.2) is 23.0 Å². The number of imide groups is 1. The molecule has 1 atom stereocenters. The molecule has 1 fully saturated rings. The van der Waals surface area contributed by atoms with Crippen LogP contribution in [0.3, 0.4) is 0 Å². The summed E-state index contributed by atoms with van der Waals surface area (Å²) < 4.78 is 1.40. The molecule has 1 N–H and O–H groups in total. The highest BCUT2D eigenvalue weighted by Gasteiger charge is 2.30. The molecule has 0 saturated carbocycles. The van der Waals surface area contributed by atoms with Gasteiger partial charge in [-0.2, -0.15) is 0 Å². The first-order valence-corrected chi connectivity index (χ1v) is 7.18. The lowest BCUT2D eigenvalue weighted by Crippen LogP contribution is -2.45. The van der Waals surface area contributed by atoms with Gasteiger partial charge in [-0.05, 0) is 19.4 Å². The molecule has 1 unspecified atom stereocenters. The van der Waals surface area contributed by atoms with E-state index in [-0.39, 0.29) is 17.9 Å². The van der Waals surface area contributed by atoms with Crippen LogP contribution in [-0.4, -0.2) is 28.6 Å². The van der Waals surface area contributed by atoms with E-state index >= 15 is 0 Å². The molecule has 111 valence electrons. The first-order chi connectivity index (χ1) is 10.5. The van der Waals surface area contributed by atoms with Crippen LogP contribution in [0.5, 0.6) is 0 Å². The number of piperidine rings is 1. The molecular formula is C15H15BN3O3. The Labute approximate surface area is 127 Å². The minimum absolute atomic E-state index is 0.224. The number of nitrogens with zero attached hydrogens (tertiary/aromatic N) is 2. The number of hydrogen-bond donors (Lipinski definition) is 1. The van der Waals surface area contributed by atoms with Gasteiger partial charge in [-0.1, -0.05) is 24.4 Å². The molecule has 7 heteroatoms. The van der Waals surface area contributed by atoms with Gasteiger partial charge in [0.2, 0.25) is 11.8 Å². The number of aryl methyl sites for hydroxylation is 1. The summed E-state index contributed by atoms with van der Waals surface area (Å²) in [6.45, 7) is 3.55. The third-order valence-corrected chi connectivity index (χ3v) is 3.97. The summed E-state index contributed by atoms with van der Waals surface area (Å²) in [6, 6.07) is 4.79. The van der Waals surface area contributed by atoms with Gasteiger partial charge in [-0.25, -0.2) is 4.98 Å². The van der Waals surface area contributed by atoms with E-state index in [4.69, 9.17) is 0 Å². The van der Waals surface area contributed by atoms with E-state index in [1.165, 1.54) is 4.57 Å². The van der Waals surface area contributed by atoms with E-state index < -0.39 is 11.9 Å². The van der Waals surface area contributed by atoms with Gasteiger partial charge >= 0.3 is 0 Å². The molecule has 1 radical (unpaired) electrons. The molecule has 1 aromatic heterocycles. The second-order valence-electron chi connectivity index (χ2n) is 5.33. The molecule has 3 rings (SSSR count). The standard InChI is InChI=1S/C15H15BN3O3/c1-8-17-10-5-3-4-9(16-2)13(10)15(22)19(8)11-6-7-12(20)18-14(11)21/h3-5,11H,6-7H2,1-2H3,(H,18,20,21). The topological polar surface area (TPSA) is 81.1 Å². The van der Waals surface area contributed by atoms with Gasteiger partial charge in [-0.3, -0.25) is 24.3 Å².